The first-order chi connectivity index (χ1) is 8.58. The van der Waals surface area contributed by atoms with Gasteiger partial charge < -0.3 is 21.7 Å². The van der Waals surface area contributed by atoms with Gasteiger partial charge in [0.25, 0.3) is 0 Å². The lowest BCUT2D eigenvalue weighted by atomic mass is 10.2. The van der Waals surface area contributed by atoms with Crippen LogP contribution in [0, 0.1) is 0 Å². The normalized spacial score (nSPS) is 12.3. The molecule has 18 heavy (non-hydrogen) atoms. The number of aliphatic hydroxyl groups excluding tert-OH is 1. The van der Waals surface area contributed by atoms with Gasteiger partial charge in [-0.3, -0.25) is 5.43 Å². The van der Waals surface area contributed by atoms with Crippen LogP contribution < -0.4 is 22.3 Å². The molecule has 0 spiro atoms. The summed E-state index contributed by atoms with van der Waals surface area (Å²) in [4.78, 5) is 0. The Morgan fingerprint density at radius 2 is 2.22 bits per heavy atom. The Bertz CT molecular complexity index is 432. The molecule has 0 bridgehead atoms. The minimum Gasteiger partial charge on any atom is -0.399 e. The Kier molecular flexibility index (Phi) is 5.58. The van der Waals surface area contributed by atoms with Crippen molar-refractivity contribution in [2.45, 2.75) is 6.29 Å². The minimum absolute atomic E-state index is 0.00389. The third-order valence-electron chi connectivity index (χ3n) is 1.78. The average Bonchev–Trinajstić information content (AvgIpc) is 2.28. The number of benzene rings is 1. The second-order valence-electron chi connectivity index (χ2n) is 3.39. The molecule has 0 fully saturated rings. The van der Waals surface area contributed by atoms with Crippen molar-refractivity contribution in [1.29, 1.82) is 0 Å². The predicted molar refractivity (Wildman–Crippen MR) is 69.4 cm³/mol. The van der Waals surface area contributed by atoms with Gasteiger partial charge >= 0.3 is 0 Å². The Hall–Kier alpha value is -2.16. The van der Waals surface area contributed by atoms with E-state index < -0.39 is 6.29 Å². The van der Waals surface area contributed by atoms with Crippen LogP contribution in [0.25, 0.3) is 0 Å². The molecule has 0 aliphatic rings. The molecule has 0 aliphatic heterocycles. The SMILES string of the molecule is N/C(=N/N=Cc1cccc(N)c1)NNCC(O)O. The maximum Gasteiger partial charge on any atom is 0.228 e. The maximum absolute atomic E-state index is 8.55. The van der Waals surface area contributed by atoms with Gasteiger partial charge in [0.1, 0.15) is 0 Å². The number of anilines is 1. The van der Waals surface area contributed by atoms with Crippen LogP contribution in [-0.2, 0) is 0 Å². The molecule has 0 unspecified atom stereocenters. The van der Waals surface area contributed by atoms with Crippen LogP contribution >= 0.6 is 0 Å². The number of hydrogen-bond acceptors (Lipinski definition) is 6. The summed E-state index contributed by atoms with van der Waals surface area (Å²) >= 11 is 0. The summed E-state index contributed by atoms with van der Waals surface area (Å²) in [5.41, 5.74) is 17.3. The molecule has 1 rings (SSSR count). The van der Waals surface area contributed by atoms with Gasteiger partial charge in [-0.2, -0.15) is 5.10 Å². The number of rotatable bonds is 5. The number of guanidine groups is 1. The van der Waals surface area contributed by atoms with Gasteiger partial charge in [0, 0.05) is 5.69 Å². The molecule has 0 saturated heterocycles. The van der Waals surface area contributed by atoms with Crippen LogP contribution in [0.5, 0.6) is 0 Å². The van der Waals surface area contributed by atoms with Gasteiger partial charge in [0.05, 0.1) is 12.8 Å². The van der Waals surface area contributed by atoms with Gasteiger partial charge in [0.2, 0.25) is 5.96 Å². The first-order valence-electron chi connectivity index (χ1n) is 5.15. The molecule has 8 N–H and O–H groups in total. The Morgan fingerprint density at radius 3 is 2.89 bits per heavy atom. The zero-order valence-electron chi connectivity index (χ0n) is 9.61. The number of hydrogen-bond donors (Lipinski definition) is 6. The lowest BCUT2D eigenvalue weighted by Crippen LogP contribution is -2.45. The van der Waals surface area contributed by atoms with E-state index >= 15 is 0 Å². The molecule has 0 saturated carbocycles. The third kappa shape index (κ3) is 5.80. The number of aliphatic hydroxyl groups is 2. The molecule has 8 heteroatoms. The number of nitrogens with one attached hydrogen (secondary N) is 2. The molecule has 1 aromatic carbocycles. The first-order valence-corrected chi connectivity index (χ1v) is 5.15. The smallest absolute Gasteiger partial charge is 0.228 e. The highest BCUT2D eigenvalue weighted by Gasteiger charge is 1.95. The fourth-order valence-corrected chi connectivity index (χ4v) is 1.05. The van der Waals surface area contributed by atoms with E-state index in [4.69, 9.17) is 21.7 Å². The average molecular weight is 252 g/mol. The fourth-order valence-electron chi connectivity index (χ4n) is 1.05. The summed E-state index contributed by atoms with van der Waals surface area (Å²) in [6.07, 6.45) is 0.0206. The molecular formula is C10H16N6O2. The van der Waals surface area contributed by atoms with E-state index in [-0.39, 0.29) is 12.5 Å². The summed E-state index contributed by atoms with van der Waals surface area (Å²) in [5, 5.41) is 24.5. The van der Waals surface area contributed by atoms with Crippen LogP contribution in [-0.4, -0.2) is 35.2 Å². The van der Waals surface area contributed by atoms with E-state index in [1.165, 1.54) is 6.21 Å². The monoisotopic (exact) mass is 252 g/mol. The Balaban J connectivity index is 2.42. The highest BCUT2D eigenvalue weighted by Crippen LogP contribution is 2.03. The number of nitrogen functional groups attached to an aromatic ring is 1. The molecule has 8 nitrogen and oxygen atoms in total. The van der Waals surface area contributed by atoms with E-state index in [0.29, 0.717) is 5.69 Å². The first kappa shape index (κ1) is 13.9. The fraction of sp³-hybridized carbons (Fsp3) is 0.200. The van der Waals surface area contributed by atoms with Gasteiger partial charge in [-0.05, 0) is 17.7 Å². The highest BCUT2D eigenvalue weighted by molar-refractivity contribution is 5.82. The molecule has 0 heterocycles. The van der Waals surface area contributed by atoms with Crippen LogP contribution in [0.1, 0.15) is 5.56 Å². The predicted octanol–water partition coefficient (Wildman–Crippen LogP) is -1.68. The second kappa shape index (κ2) is 7.22. The summed E-state index contributed by atoms with van der Waals surface area (Å²) in [6.45, 7) is -0.0881. The zero-order chi connectivity index (χ0) is 13.4. The summed E-state index contributed by atoms with van der Waals surface area (Å²) < 4.78 is 0. The topological polar surface area (TPSA) is 141 Å². The van der Waals surface area contributed by atoms with Gasteiger partial charge in [-0.15, -0.1) is 5.10 Å². The van der Waals surface area contributed by atoms with Gasteiger partial charge in [0.15, 0.2) is 6.29 Å². The minimum atomic E-state index is -1.47. The second-order valence-corrected chi connectivity index (χ2v) is 3.39. The quantitative estimate of drug-likeness (QED) is 0.122. The molecule has 0 aromatic heterocycles. The van der Waals surface area contributed by atoms with Crippen molar-refractivity contribution >= 4 is 17.9 Å². The molecule has 0 aliphatic carbocycles. The molecule has 1 aromatic rings. The highest BCUT2D eigenvalue weighted by atomic mass is 16.5. The Labute approximate surface area is 104 Å². The number of nitrogens with zero attached hydrogens (tertiary/aromatic N) is 2. The van der Waals surface area contributed by atoms with Crippen LogP contribution in [0.3, 0.4) is 0 Å². The van der Waals surface area contributed by atoms with Crippen molar-refractivity contribution in [1.82, 2.24) is 10.9 Å². The standard InChI is InChI=1S/C10H16N6O2/c11-8-3-1-2-7(4-8)5-13-15-10(12)16-14-6-9(17)18/h1-5,9,14,17-18H,6,11H2,(H3,12,15,16). The number of nitrogens with two attached hydrogens (primary N) is 2. The maximum atomic E-state index is 8.55. The van der Waals surface area contributed by atoms with E-state index in [9.17, 15) is 0 Å². The zero-order valence-corrected chi connectivity index (χ0v) is 9.61. The lowest BCUT2D eigenvalue weighted by Gasteiger charge is -2.06. The summed E-state index contributed by atoms with van der Waals surface area (Å²) in [5.74, 6) is -0.00389. The van der Waals surface area contributed by atoms with Crippen LogP contribution in [0.4, 0.5) is 5.69 Å². The van der Waals surface area contributed by atoms with Crippen molar-refractivity contribution in [2.24, 2.45) is 15.9 Å². The van der Waals surface area contributed by atoms with Gasteiger partial charge in [-0.25, -0.2) is 5.43 Å². The Morgan fingerprint density at radius 1 is 1.44 bits per heavy atom. The van der Waals surface area contributed by atoms with E-state index in [2.05, 4.69) is 21.1 Å². The van der Waals surface area contributed by atoms with Crippen molar-refractivity contribution in [3.05, 3.63) is 29.8 Å². The molecule has 98 valence electrons. The largest absolute Gasteiger partial charge is 0.399 e. The molecule has 0 atom stereocenters. The van der Waals surface area contributed by atoms with Crippen LogP contribution in [0.15, 0.2) is 34.5 Å². The van der Waals surface area contributed by atoms with E-state index in [0.717, 1.165) is 5.56 Å². The van der Waals surface area contributed by atoms with Crippen LogP contribution in [0.2, 0.25) is 0 Å². The molecular weight excluding hydrogens is 236 g/mol. The lowest BCUT2D eigenvalue weighted by molar-refractivity contribution is -0.0382. The van der Waals surface area contributed by atoms with Crippen molar-refractivity contribution in [2.75, 3.05) is 12.3 Å². The third-order valence-corrected chi connectivity index (χ3v) is 1.78. The van der Waals surface area contributed by atoms with Gasteiger partial charge in [-0.1, -0.05) is 12.1 Å². The van der Waals surface area contributed by atoms with Crippen molar-refractivity contribution < 1.29 is 10.2 Å². The van der Waals surface area contributed by atoms with E-state index in [1.54, 1.807) is 18.2 Å². The summed E-state index contributed by atoms with van der Waals surface area (Å²) in [6, 6.07) is 7.12. The van der Waals surface area contributed by atoms with Crippen molar-refractivity contribution in [3.63, 3.8) is 0 Å². The number of hydrazine groups is 1. The molecule has 0 amide bonds. The summed E-state index contributed by atoms with van der Waals surface area (Å²) in [7, 11) is 0. The molecule has 0 radical (unpaired) electrons. The van der Waals surface area contributed by atoms with Crippen molar-refractivity contribution in [3.8, 4) is 0 Å². The van der Waals surface area contributed by atoms with E-state index in [1.807, 2.05) is 6.07 Å².